The molecule has 0 radical (unpaired) electrons. The van der Waals surface area contributed by atoms with Crippen LogP contribution in [0.1, 0.15) is 17.5 Å². The molecule has 3 nitrogen and oxygen atoms in total. The van der Waals surface area contributed by atoms with Gasteiger partial charge >= 0.3 is 0 Å². The first-order valence-corrected chi connectivity index (χ1v) is 7.13. The molecule has 0 spiro atoms. The van der Waals surface area contributed by atoms with Crippen molar-refractivity contribution < 1.29 is 4.39 Å². The Kier molecular flexibility index (Phi) is 4.24. The van der Waals surface area contributed by atoms with Gasteiger partial charge in [-0.2, -0.15) is 11.8 Å². The lowest BCUT2D eigenvalue weighted by Crippen LogP contribution is -2.31. The zero-order valence-electron chi connectivity index (χ0n) is 10.4. The van der Waals surface area contributed by atoms with E-state index in [1.165, 1.54) is 24.3 Å². The second-order valence-electron chi connectivity index (χ2n) is 4.69. The second-order valence-corrected chi connectivity index (χ2v) is 5.84. The highest BCUT2D eigenvalue weighted by Crippen LogP contribution is 2.23. The third-order valence-corrected chi connectivity index (χ3v) is 4.37. The molecule has 0 bridgehead atoms. The minimum Gasteiger partial charge on any atom is -0.384 e. The Hall–Kier alpha value is -1.07. The molecule has 0 amide bonds. The monoisotopic (exact) mass is 267 g/mol. The molecular weight excluding hydrogens is 249 g/mol. The summed E-state index contributed by atoms with van der Waals surface area (Å²) in [6.07, 6.45) is 1.19. The average molecular weight is 267 g/mol. The van der Waals surface area contributed by atoms with E-state index < -0.39 is 0 Å². The van der Waals surface area contributed by atoms with Gasteiger partial charge in [0.1, 0.15) is 11.7 Å². The number of benzene rings is 1. The Labute approximate surface area is 111 Å². The van der Waals surface area contributed by atoms with Crippen LogP contribution >= 0.6 is 11.8 Å². The number of thioether (sulfide) groups is 1. The molecule has 1 aromatic rings. The van der Waals surface area contributed by atoms with E-state index in [4.69, 9.17) is 11.1 Å². The summed E-state index contributed by atoms with van der Waals surface area (Å²) in [5.41, 5.74) is 6.74. The van der Waals surface area contributed by atoms with E-state index >= 15 is 0 Å². The fourth-order valence-electron chi connectivity index (χ4n) is 2.18. The molecule has 0 aromatic heterocycles. The molecule has 1 unspecified atom stereocenters. The fourth-order valence-corrected chi connectivity index (χ4v) is 3.48. The maximum atomic E-state index is 13.4. The highest BCUT2D eigenvalue weighted by molar-refractivity contribution is 7.99. The summed E-state index contributed by atoms with van der Waals surface area (Å²) >= 11 is 1.96. The molecular formula is C13H18FN3S. The van der Waals surface area contributed by atoms with Crippen molar-refractivity contribution in [2.24, 2.45) is 5.73 Å². The third kappa shape index (κ3) is 3.23. The number of halogens is 1. The summed E-state index contributed by atoms with van der Waals surface area (Å²) in [5.74, 6) is 1.93. The number of nitrogen functional groups attached to an aromatic ring is 1. The Bertz CT molecular complexity index is 444. The molecule has 3 N–H and O–H groups in total. The maximum Gasteiger partial charge on any atom is 0.124 e. The van der Waals surface area contributed by atoms with Crippen LogP contribution in [0.4, 0.5) is 4.39 Å². The van der Waals surface area contributed by atoms with Gasteiger partial charge in [0.25, 0.3) is 0 Å². The third-order valence-electron chi connectivity index (χ3n) is 3.23. The van der Waals surface area contributed by atoms with Gasteiger partial charge in [-0.15, -0.1) is 0 Å². The molecule has 2 rings (SSSR count). The van der Waals surface area contributed by atoms with E-state index in [0.717, 1.165) is 11.3 Å². The topological polar surface area (TPSA) is 53.1 Å². The predicted molar refractivity (Wildman–Crippen MR) is 74.6 cm³/mol. The Morgan fingerprint density at radius 3 is 2.94 bits per heavy atom. The summed E-state index contributed by atoms with van der Waals surface area (Å²) in [6.45, 7) is 0.698. The average Bonchev–Trinajstić information content (AvgIpc) is 2.81. The molecule has 1 fully saturated rings. The predicted octanol–water partition coefficient (Wildman–Crippen LogP) is 2.05. The zero-order valence-corrected chi connectivity index (χ0v) is 11.3. The lowest BCUT2D eigenvalue weighted by atomic mass is 10.1. The van der Waals surface area contributed by atoms with Crippen molar-refractivity contribution in [1.82, 2.24) is 4.90 Å². The number of hydrogen-bond acceptors (Lipinski definition) is 3. The number of nitrogens with zero attached hydrogens (tertiary/aromatic N) is 1. The maximum absolute atomic E-state index is 13.4. The van der Waals surface area contributed by atoms with Crippen LogP contribution in [0.5, 0.6) is 0 Å². The minimum absolute atomic E-state index is 0.0881. The van der Waals surface area contributed by atoms with Gasteiger partial charge in [0.2, 0.25) is 0 Å². The molecule has 5 heteroatoms. The smallest absolute Gasteiger partial charge is 0.124 e. The molecule has 0 aliphatic carbocycles. The van der Waals surface area contributed by atoms with Crippen molar-refractivity contribution in [3.63, 3.8) is 0 Å². The van der Waals surface area contributed by atoms with E-state index in [-0.39, 0.29) is 11.7 Å². The second kappa shape index (κ2) is 5.71. The van der Waals surface area contributed by atoms with Gasteiger partial charge in [-0.25, -0.2) is 4.39 Å². The van der Waals surface area contributed by atoms with E-state index in [1.54, 1.807) is 6.07 Å². The van der Waals surface area contributed by atoms with Crippen molar-refractivity contribution in [2.75, 3.05) is 18.6 Å². The quantitative estimate of drug-likeness (QED) is 0.648. The normalized spacial score (nSPS) is 19.4. The summed E-state index contributed by atoms with van der Waals surface area (Å²) < 4.78 is 13.4. The van der Waals surface area contributed by atoms with Gasteiger partial charge in [-0.05, 0) is 43.0 Å². The van der Waals surface area contributed by atoms with Crippen LogP contribution in [0.3, 0.4) is 0 Å². The van der Waals surface area contributed by atoms with Crippen molar-refractivity contribution in [3.05, 3.63) is 35.1 Å². The van der Waals surface area contributed by atoms with Crippen molar-refractivity contribution >= 4 is 17.6 Å². The Morgan fingerprint density at radius 2 is 2.33 bits per heavy atom. The number of amidine groups is 1. The number of nitrogens with one attached hydrogen (secondary N) is 1. The summed E-state index contributed by atoms with van der Waals surface area (Å²) in [7, 11) is 2.06. The SMILES string of the molecule is CN(Cc1cc(F)cc(C(=N)N)c1)C1CCSC1. The van der Waals surface area contributed by atoms with Crippen LogP contribution in [0.25, 0.3) is 0 Å². The molecule has 0 saturated carbocycles. The standard InChI is InChI=1S/C13H18FN3S/c1-17(12-2-3-18-8-12)7-9-4-10(13(15)16)6-11(14)5-9/h4-6,12H,2-3,7-8H2,1H3,(H3,15,16). The number of rotatable bonds is 4. The van der Waals surface area contributed by atoms with E-state index in [0.29, 0.717) is 18.2 Å². The molecule has 1 aliphatic rings. The zero-order chi connectivity index (χ0) is 13.1. The van der Waals surface area contributed by atoms with Crippen LogP contribution in [-0.4, -0.2) is 35.3 Å². The van der Waals surface area contributed by atoms with Crippen molar-refractivity contribution in [1.29, 1.82) is 5.41 Å². The lowest BCUT2D eigenvalue weighted by molar-refractivity contribution is 0.254. The van der Waals surface area contributed by atoms with E-state index in [2.05, 4.69) is 11.9 Å². The lowest BCUT2D eigenvalue weighted by Gasteiger charge is -2.23. The van der Waals surface area contributed by atoms with Gasteiger partial charge in [0.15, 0.2) is 0 Å². The molecule has 1 aromatic carbocycles. The highest BCUT2D eigenvalue weighted by Gasteiger charge is 2.20. The molecule has 98 valence electrons. The number of nitrogens with two attached hydrogens (primary N) is 1. The fraction of sp³-hybridized carbons (Fsp3) is 0.462. The highest BCUT2D eigenvalue weighted by atomic mass is 32.2. The largest absolute Gasteiger partial charge is 0.384 e. The van der Waals surface area contributed by atoms with E-state index in [9.17, 15) is 4.39 Å². The summed E-state index contributed by atoms with van der Waals surface area (Å²) in [4.78, 5) is 2.25. The van der Waals surface area contributed by atoms with Crippen molar-refractivity contribution in [2.45, 2.75) is 19.0 Å². The van der Waals surface area contributed by atoms with Gasteiger partial charge in [0.05, 0.1) is 0 Å². The first-order valence-electron chi connectivity index (χ1n) is 5.98. The van der Waals surface area contributed by atoms with Crippen molar-refractivity contribution in [3.8, 4) is 0 Å². The van der Waals surface area contributed by atoms with Crippen LogP contribution in [-0.2, 0) is 6.54 Å². The Balaban J connectivity index is 2.10. The van der Waals surface area contributed by atoms with Crippen LogP contribution < -0.4 is 5.73 Å². The molecule has 1 heterocycles. The van der Waals surface area contributed by atoms with Gasteiger partial charge < -0.3 is 5.73 Å². The summed E-state index contributed by atoms with van der Waals surface area (Å²) in [6, 6.07) is 5.19. The first kappa shape index (κ1) is 13.4. The van der Waals surface area contributed by atoms with Gasteiger partial charge in [-0.1, -0.05) is 0 Å². The summed E-state index contributed by atoms with van der Waals surface area (Å²) in [5, 5.41) is 7.37. The first-order chi connectivity index (χ1) is 8.56. The molecule has 1 saturated heterocycles. The molecule has 1 atom stereocenters. The Morgan fingerprint density at radius 1 is 1.56 bits per heavy atom. The van der Waals surface area contributed by atoms with E-state index in [1.807, 2.05) is 11.8 Å². The molecule has 18 heavy (non-hydrogen) atoms. The van der Waals surface area contributed by atoms with Crippen LogP contribution in [0.15, 0.2) is 18.2 Å². The number of hydrogen-bond donors (Lipinski definition) is 2. The van der Waals surface area contributed by atoms with Gasteiger partial charge in [-0.3, -0.25) is 10.3 Å². The molecule has 1 aliphatic heterocycles. The van der Waals surface area contributed by atoms with Crippen LogP contribution in [0.2, 0.25) is 0 Å². The minimum atomic E-state index is -0.327. The van der Waals surface area contributed by atoms with Crippen LogP contribution in [0, 0.1) is 11.2 Å². The van der Waals surface area contributed by atoms with Gasteiger partial charge in [0, 0.05) is 23.9 Å².